The Morgan fingerprint density at radius 2 is 2.03 bits per heavy atom. The van der Waals surface area contributed by atoms with Gasteiger partial charge in [-0.15, -0.1) is 10.2 Å². The highest BCUT2D eigenvalue weighted by Crippen LogP contribution is 2.47. The molecule has 39 heavy (non-hydrogen) atoms. The number of hydrogen-bond donors (Lipinski definition) is 1. The molecule has 208 valence electrons. The van der Waals surface area contributed by atoms with Gasteiger partial charge in [-0.2, -0.15) is 0 Å². The molecule has 0 unspecified atom stereocenters. The van der Waals surface area contributed by atoms with Crippen molar-refractivity contribution in [2.24, 2.45) is 17.3 Å². The molecule has 11 heteroatoms. The molecule has 1 aromatic carbocycles. The lowest BCUT2D eigenvalue weighted by Gasteiger charge is -2.54. The molecule has 2 amide bonds. The number of piperidine rings is 2. The SMILES string of the molecule is CCN(C(=O)c1cc(F)ccc1Oc1nncnc1N1CC2(CCN(C(=O)[C@H]3NC[C@@H]4C[C@@H]43)CC2)C1)C(C)C. The van der Waals surface area contributed by atoms with Crippen molar-refractivity contribution in [2.45, 2.75) is 52.1 Å². The van der Waals surface area contributed by atoms with Crippen molar-refractivity contribution >= 4 is 17.6 Å². The van der Waals surface area contributed by atoms with Gasteiger partial charge in [-0.05, 0) is 76.6 Å². The minimum Gasteiger partial charge on any atom is -0.434 e. The zero-order valence-electron chi connectivity index (χ0n) is 22.8. The number of ether oxygens (including phenoxy) is 1. The highest BCUT2D eigenvalue weighted by atomic mass is 19.1. The minimum absolute atomic E-state index is 0.0157. The van der Waals surface area contributed by atoms with Gasteiger partial charge in [0.15, 0.2) is 5.82 Å². The van der Waals surface area contributed by atoms with E-state index in [9.17, 15) is 14.0 Å². The lowest BCUT2D eigenvalue weighted by Crippen LogP contribution is -2.62. The van der Waals surface area contributed by atoms with Crippen LogP contribution in [0.2, 0.25) is 0 Å². The average molecular weight is 538 g/mol. The van der Waals surface area contributed by atoms with Gasteiger partial charge in [0.1, 0.15) is 17.9 Å². The molecule has 10 nitrogen and oxygen atoms in total. The monoisotopic (exact) mass is 537 g/mol. The predicted molar refractivity (Wildman–Crippen MR) is 142 cm³/mol. The third-order valence-corrected chi connectivity index (χ3v) is 8.93. The zero-order chi connectivity index (χ0) is 27.3. The average Bonchev–Trinajstić information content (AvgIpc) is 3.57. The number of rotatable bonds is 7. The maximum Gasteiger partial charge on any atom is 0.282 e. The molecule has 6 rings (SSSR count). The Balaban J connectivity index is 1.13. The highest BCUT2D eigenvalue weighted by Gasteiger charge is 2.53. The fourth-order valence-electron chi connectivity index (χ4n) is 6.54. The van der Waals surface area contributed by atoms with Gasteiger partial charge >= 0.3 is 0 Å². The standard InChI is InChI=1S/C28H36FN7O3/c1-4-36(17(2)3)26(37)21-12-19(29)5-6-22(21)39-25-24(31-16-32-33-25)35-14-28(15-35)7-9-34(10-8-28)27(38)23-20-11-18(20)13-30-23/h5-6,12,16-18,20,23,30H,4,7-11,13-15H2,1-3H3/t18-,20-,23-/m0/s1. The first-order valence-corrected chi connectivity index (χ1v) is 14.0. The van der Waals surface area contributed by atoms with Gasteiger partial charge in [-0.25, -0.2) is 9.37 Å². The minimum atomic E-state index is -0.516. The molecule has 1 N–H and O–H groups in total. The molecule has 1 spiro atoms. The molecule has 4 heterocycles. The Labute approximate surface area is 227 Å². The van der Waals surface area contributed by atoms with Crippen LogP contribution in [-0.2, 0) is 4.79 Å². The summed E-state index contributed by atoms with van der Waals surface area (Å²) in [7, 11) is 0. The summed E-state index contributed by atoms with van der Waals surface area (Å²) < 4.78 is 20.3. The van der Waals surface area contributed by atoms with Crippen LogP contribution < -0.4 is 15.0 Å². The Hall–Kier alpha value is -3.34. The predicted octanol–water partition coefficient (Wildman–Crippen LogP) is 2.71. The van der Waals surface area contributed by atoms with E-state index >= 15 is 0 Å². The molecule has 3 aliphatic heterocycles. The van der Waals surface area contributed by atoms with E-state index in [2.05, 4.69) is 25.4 Å². The molecular weight excluding hydrogens is 501 g/mol. The molecule has 1 aliphatic carbocycles. The molecule has 3 atom stereocenters. The Morgan fingerprint density at radius 3 is 2.67 bits per heavy atom. The molecule has 2 aromatic rings. The second-order valence-corrected chi connectivity index (χ2v) is 11.7. The number of fused-ring (bicyclic) bond motifs is 1. The fraction of sp³-hybridized carbons (Fsp3) is 0.607. The van der Waals surface area contributed by atoms with Gasteiger partial charge in [-0.3, -0.25) is 9.59 Å². The van der Waals surface area contributed by atoms with E-state index in [4.69, 9.17) is 4.74 Å². The lowest BCUT2D eigenvalue weighted by atomic mass is 9.72. The van der Waals surface area contributed by atoms with Gasteiger partial charge in [0.25, 0.3) is 11.8 Å². The van der Waals surface area contributed by atoms with Crippen molar-refractivity contribution in [1.82, 2.24) is 30.3 Å². The van der Waals surface area contributed by atoms with E-state index < -0.39 is 5.82 Å². The molecule has 1 aromatic heterocycles. The van der Waals surface area contributed by atoms with Crippen molar-refractivity contribution in [2.75, 3.05) is 44.2 Å². The number of aromatic nitrogens is 3. The first kappa shape index (κ1) is 25.9. The highest BCUT2D eigenvalue weighted by molar-refractivity contribution is 5.97. The van der Waals surface area contributed by atoms with E-state index in [1.165, 1.54) is 30.9 Å². The van der Waals surface area contributed by atoms with E-state index in [1.54, 1.807) is 4.90 Å². The summed E-state index contributed by atoms with van der Waals surface area (Å²) in [6.07, 6.45) is 4.46. The second kappa shape index (κ2) is 10.0. The van der Waals surface area contributed by atoms with E-state index in [0.29, 0.717) is 24.2 Å². The number of benzene rings is 1. The summed E-state index contributed by atoms with van der Waals surface area (Å²) >= 11 is 0. The third kappa shape index (κ3) is 4.81. The van der Waals surface area contributed by atoms with E-state index in [1.807, 2.05) is 25.7 Å². The summed E-state index contributed by atoms with van der Waals surface area (Å²) in [6.45, 7) is 10.3. The Morgan fingerprint density at radius 1 is 1.26 bits per heavy atom. The van der Waals surface area contributed by atoms with Gasteiger partial charge < -0.3 is 24.8 Å². The van der Waals surface area contributed by atoms with Crippen LogP contribution in [0.1, 0.15) is 50.4 Å². The van der Waals surface area contributed by atoms with Crippen LogP contribution in [-0.4, -0.2) is 88.1 Å². The number of amides is 2. The number of halogens is 1. The topological polar surface area (TPSA) is 104 Å². The van der Waals surface area contributed by atoms with Crippen molar-refractivity contribution in [3.8, 4) is 11.6 Å². The quantitative estimate of drug-likeness (QED) is 0.575. The summed E-state index contributed by atoms with van der Waals surface area (Å²) in [5, 5.41) is 11.5. The van der Waals surface area contributed by atoms with Gasteiger partial charge in [-0.1, -0.05) is 0 Å². The van der Waals surface area contributed by atoms with Crippen LogP contribution in [0.25, 0.3) is 0 Å². The molecule has 1 saturated carbocycles. The molecule has 0 bridgehead atoms. The Bertz CT molecular complexity index is 1260. The van der Waals surface area contributed by atoms with Crippen LogP contribution in [0.4, 0.5) is 10.2 Å². The number of carbonyl (C=O) groups excluding carboxylic acids is 2. The number of nitrogens with one attached hydrogen (secondary N) is 1. The summed E-state index contributed by atoms with van der Waals surface area (Å²) in [5.74, 6) is 1.63. The number of likely N-dealkylation sites (tertiary alicyclic amines) is 1. The van der Waals surface area contributed by atoms with E-state index in [-0.39, 0.29) is 46.5 Å². The maximum atomic E-state index is 14.2. The number of carbonyl (C=O) groups is 2. The van der Waals surface area contributed by atoms with Crippen LogP contribution in [0.5, 0.6) is 11.6 Å². The summed E-state index contributed by atoms with van der Waals surface area (Å²) in [4.78, 5) is 36.5. The van der Waals surface area contributed by atoms with Crippen LogP contribution in [0.3, 0.4) is 0 Å². The molecular formula is C28H36FN7O3. The number of hydrogen-bond acceptors (Lipinski definition) is 8. The molecule has 4 aliphatic rings. The van der Waals surface area contributed by atoms with Crippen molar-refractivity contribution < 1.29 is 18.7 Å². The smallest absolute Gasteiger partial charge is 0.282 e. The zero-order valence-corrected chi connectivity index (χ0v) is 22.8. The van der Waals surface area contributed by atoms with Gasteiger partial charge in [0, 0.05) is 44.2 Å². The van der Waals surface area contributed by atoms with Gasteiger partial charge in [0.05, 0.1) is 11.6 Å². The van der Waals surface area contributed by atoms with Gasteiger partial charge in [0.2, 0.25) is 5.91 Å². The molecule has 0 radical (unpaired) electrons. The fourth-order valence-corrected chi connectivity index (χ4v) is 6.54. The molecule has 3 saturated heterocycles. The summed E-state index contributed by atoms with van der Waals surface area (Å²) in [6, 6.07) is 3.88. The van der Waals surface area contributed by atoms with Crippen molar-refractivity contribution in [1.29, 1.82) is 0 Å². The van der Waals surface area contributed by atoms with Crippen LogP contribution >= 0.6 is 0 Å². The largest absolute Gasteiger partial charge is 0.434 e. The number of nitrogens with zero attached hydrogens (tertiary/aromatic N) is 6. The third-order valence-electron chi connectivity index (χ3n) is 8.93. The van der Waals surface area contributed by atoms with Crippen LogP contribution in [0.15, 0.2) is 24.5 Å². The lowest BCUT2D eigenvalue weighted by molar-refractivity contribution is -0.136. The normalized spacial score (nSPS) is 24.9. The van der Waals surface area contributed by atoms with E-state index in [0.717, 1.165) is 45.6 Å². The van der Waals surface area contributed by atoms with Crippen LogP contribution in [0, 0.1) is 23.1 Å². The summed E-state index contributed by atoms with van der Waals surface area (Å²) in [5.41, 5.74) is 0.258. The van der Waals surface area contributed by atoms with Crippen molar-refractivity contribution in [3.63, 3.8) is 0 Å². The first-order valence-electron chi connectivity index (χ1n) is 14.0. The Kier molecular flexibility index (Phi) is 6.65. The number of anilines is 1. The maximum absolute atomic E-state index is 14.2. The second-order valence-electron chi connectivity index (χ2n) is 11.7. The van der Waals surface area contributed by atoms with Crippen molar-refractivity contribution in [3.05, 3.63) is 35.9 Å². The first-order chi connectivity index (χ1) is 18.8. The molecule has 4 fully saturated rings.